The fourth-order valence-electron chi connectivity index (χ4n) is 1.87. The van der Waals surface area contributed by atoms with Crippen LogP contribution in [-0.4, -0.2) is 30.5 Å². The number of hydrogen-bond donors (Lipinski definition) is 2. The van der Waals surface area contributed by atoms with E-state index in [-0.39, 0.29) is 12.5 Å². The average molecular weight is 314 g/mol. The molecule has 0 aliphatic heterocycles. The second-order valence-electron chi connectivity index (χ2n) is 4.78. The van der Waals surface area contributed by atoms with Crippen molar-refractivity contribution in [3.8, 4) is 11.5 Å². The third kappa shape index (κ3) is 4.74. The van der Waals surface area contributed by atoms with Gasteiger partial charge in [0.15, 0.2) is 6.61 Å². The molecule has 0 atom stereocenters. The molecule has 0 bridgehead atoms. The van der Waals surface area contributed by atoms with Crippen LogP contribution >= 0.6 is 0 Å². The third-order valence-electron chi connectivity index (χ3n) is 3.17. The van der Waals surface area contributed by atoms with E-state index in [1.807, 2.05) is 0 Å². The molecule has 0 radical (unpaired) electrons. The summed E-state index contributed by atoms with van der Waals surface area (Å²) in [6.07, 6.45) is 0. The zero-order chi connectivity index (χ0) is 16.7. The van der Waals surface area contributed by atoms with Gasteiger partial charge in [0.2, 0.25) is 0 Å². The first-order chi connectivity index (χ1) is 11.1. The summed E-state index contributed by atoms with van der Waals surface area (Å²) in [6.45, 7) is 1.59. The first kappa shape index (κ1) is 16.4. The smallest absolute Gasteiger partial charge is 0.262 e. The van der Waals surface area contributed by atoms with Gasteiger partial charge in [-0.1, -0.05) is 5.16 Å². The van der Waals surface area contributed by atoms with Gasteiger partial charge in [0.25, 0.3) is 5.91 Å². The van der Waals surface area contributed by atoms with Crippen molar-refractivity contribution in [2.24, 2.45) is 5.16 Å². The molecule has 0 aliphatic carbocycles. The minimum Gasteiger partial charge on any atom is -0.497 e. The number of carbonyl (C=O) groups excluding carboxylic acids is 1. The molecule has 0 unspecified atom stereocenters. The van der Waals surface area contributed by atoms with Gasteiger partial charge in [0.1, 0.15) is 11.5 Å². The first-order valence-electron chi connectivity index (χ1n) is 6.98. The molecule has 0 fully saturated rings. The van der Waals surface area contributed by atoms with Gasteiger partial charge in [0.05, 0.1) is 12.8 Å². The summed E-state index contributed by atoms with van der Waals surface area (Å²) in [5.41, 5.74) is 1.96. The molecule has 2 aromatic carbocycles. The van der Waals surface area contributed by atoms with Crippen LogP contribution in [0.3, 0.4) is 0 Å². The van der Waals surface area contributed by atoms with E-state index < -0.39 is 0 Å². The average Bonchev–Trinajstić information content (AvgIpc) is 2.60. The monoisotopic (exact) mass is 314 g/mol. The minimum absolute atomic E-state index is 0.0988. The molecule has 0 saturated carbocycles. The summed E-state index contributed by atoms with van der Waals surface area (Å²) in [5, 5.41) is 14.6. The molecule has 1 amide bonds. The highest BCUT2D eigenvalue weighted by molar-refractivity contribution is 5.98. The summed E-state index contributed by atoms with van der Waals surface area (Å²) in [6, 6.07) is 14.0. The SMILES string of the molecule is COc1ccc(NC(=O)COc2ccc(C(C)=NO)cc2)cc1. The van der Waals surface area contributed by atoms with Crippen molar-refractivity contribution < 1.29 is 19.5 Å². The van der Waals surface area contributed by atoms with Crippen LogP contribution in [0.25, 0.3) is 0 Å². The molecule has 6 nitrogen and oxygen atoms in total. The molecule has 6 heteroatoms. The highest BCUT2D eigenvalue weighted by Crippen LogP contribution is 2.15. The Morgan fingerprint density at radius 1 is 1.09 bits per heavy atom. The number of hydrogen-bond acceptors (Lipinski definition) is 5. The van der Waals surface area contributed by atoms with Crippen molar-refractivity contribution in [2.45, 2.75) is 6.92 Å². The van der Waals surface area contributed by atoms with E-state index in [0.717, 1.165) is 11.3 Å². The van der Waals surface area contributed by atoms with Gasteiger partial charge in [-0.25, -0.2) is 0 Å². The quantitative estimate of drug-likeness (QED) is 0.488. The van der Waals surface area contributed by atoms with E-state index in [1.165, 1.54) is 0 Å². The van der Waals surface area contributed by atoms with Crippen molar-refractivity contribution in [1.82, 2.24) is 0 Å². The number of benzene rings is 2. The lowest BCUT2D eigenvalue weighted by Gasteiger charge is -2.08. The molecule has 0 saturated heterocycles. The highest BCUT2D eigenvalue weighted by Gasteiger charge is 2.05. The van der Waals surface area contributed by atoms with Crippen LogP contribution in [0.1, 0.15) is 12.5 Å². The predicted molar refractivity (Wildman–Crippen MR) is 87.6 cm³/mol. The van der Waals surface area contributed by atoms with Crippen molar-refractivity contribution in [3.05, 3.63) is 54.1 Å². The maximum atomic E-state index is 11.8. The minimum atomic E-state index is -0.257. The zero-order valence-corrected chi connectivity index (χ0v) is 12.9. The fraction of sp³-hybridized carbons (Fsp3) is 0.176. The second kappa shape index (κ2) is 7.84. The lowest BCUT2D eigenvalue weighted by molar-refractivity contribution is -0.118. The molecule has 0 spiro atoms. The molecule has 120 valence electrons. The van der Waals surface area contributed by atoms with Gasteiger partial charge >= 0.3 is 0 Å². The van der Waals surface area contributed by atoms with E-state index in [2.05, 4.69) is 10.5 Å². The predicted octanol–water partition coefficient (Wildman–Crippen LogP) is 2.91. The normalized spacial score (nSPS) is 11.0. The summed E-state index contributed by atoms with van der Waals surface area (Å²) < 4.78 is 10.5. The maximum absolute atomic E-state index is 11.8. The van der Waals surface area contributed by atoms with E-state index in [1.54, 1.807) is 62.6 Å². The van der Waals surface area contributed by atoms with E-state index >= 15 is 0 Å². The molecule has 0 aliphatic rings. The Hall–Kier alpha value is -3.02. The summed E-state index contributed by atoms with van der Waals surface area (Å²) in [7, 11) is 1.58. The van der Waals surface area contributed by atoms with Gasteiger partial charge < -0.3 is 20.0 Å². The molecule has 2 rings (SSSR count). The van der Waals surface area contributed by atoms with Crippen molar-refractivity contribution in [2.75, 3.05) is 19.0 Å². The van der Waals surface area contributed by atoms with Crippen LogP contribution < -0.4 is 14.8 Å². The molecule has 23 heavy (non-hydrogen) atoms. The van der Waals surface area contributed by atoms with Crippen LogP contribution in [0.4, 0.5) is 5.69 Å². The van der Waals surface area contributed by atoms with Gasteiger partial charge in [0, 0.05) is 5.69 Å². The molecular formula is C17H18N2O4. The number of ether oxygens (including phenoxy) is 2. The molecule has 0 aromatic heterocycles. The van der Waals surface area contributed by atoms with Gasteiger partial charge in [-0.05, 0) is 61.0 Å². The second-order valence-corrected chi connectivity index (χ2v) is 4.78. The summed E-state index contributed by atoms with van der Waals surface area (Å²) in [4.78, 5) is 11.8. The molecule has 0 heterocycles. The van der Waals surface area contributed by atoms with Crippen molar-refractivity contribution in [1.29, 1.82) is 0 Å². The Balaban J connectivity index is 1.86. The zero-order valence-electron chi connectivity index (χ0n) is 12.9. The Kier molecular flexibility index (Phi) is 5.57. The van der Waals surface area contributed by atoms with Crippen LogP contribution in [-0.2, 0) is 4.79 Å². The molecule has 2 N–H and O–H groups in total. The van der Waals surface area contributed by atoms with Gasteiger partial charge in [-0.3, -0.25) is 4.79 Å². The number of anilines is 1. The number of rotatable bonds is 6. The third-order valence-corrected chi connectivity index (χ3v) is 3.17. The Bertz CT molecular complexity index is 679. The van der Waals surface area contributed by atoms with Crippen molar-refractivity contribution >= 4 is 17.3 Å². The largest absolute Gasteiger partial charge is 0.497 e. The Morgan fingerprint density at radius 3 is 2.26 bits per heavy atom. The van der Waals surface area contributed by atoms with Crippen LogP contribution in [0.5, 0.6) is 11.5 Å². The standard InChI is InChI=1S/C17H18N2O4/c1-12(19-21)13-3-7-16(8-4-13)23-11-17(20)18-14-5-9-15(22-2)10-6-14/h3-10,21H,11H2,1-2H3,(H,18,20). The summed E-state index contributed by atoms with van der Waals surface area (Å²) >= 11 is 0. The number of amides is 1. The Morgan fingerprint density at radius 2 is 1.70 bits per heavy atom. The number of nitrogens with zero attached hydrogens (tertiary/aromatic N) is 1. The highest BCUT2D eigenvalue weighted by atomic mass is 16.5. The van der Waals surface area contributed by atoms with Crippen LogP contribution in [0.2, 0.25) is 0 Å². The first-order valence-corrected chi connectivity index (χ1v) is 6.98. The lowest BCUT2D eigenvalue weighted by Crippen LogP contribution is -2.20. The fourth-order valence-corrected chi connectivity index (χ4v) is 1.87. The van der Waals surface area contributed by atoms with E-state index in [0.29, 0.717) is 17.1 Å². The Labute approximate surface area is 134 Å². The van der Waals surface area contributed by atoms with Gasteiger partial charge in [-0.15, -0.1) is 0 Å². The van der Waals surface area contributed by atoms with Crippen LogP contribution in [0, 0.1) is 0 Å². The number of oxime groups is 1. The van der Waals surface area contributed by atoms with Crippen LogP contribution in [0.15, 0.2) is 53.7 Å². The van der Waals surface area contributed by atoms with E-state index in [9.17, 15) is 4.79 Å². The number of nitrogens with one attached hydrogen (secondary N) is 1. The molecular weight excluding hydrogens is 296 g/mol. The topological polar surface area (TPSA) is 80.2 Å². The van der Waals surface area contributed by atoms with Gasteiger partial charge in [-0.2, -0.15) is 0 Å². The van der Waals surface area contributed by atoms with Crippen molar-refractivity contribution in [3.63, 3.8) is 0 Å². The maximum Gasteiger partial charge on any atom is 0.262 e. The molecule has 2 aromatic rings. The summed E-state index contributed by atoms with van der Waals surface area (Å²) in [5.74, 6) is 1.03. The number of methoxy groups -OCH3 is 1. The lowest BCUT2D eigenvalue weighted by atomic mass is 10.1. The van der Waals surface area contributed by atoms with E-state index in [4.69, 9.17) is 14.7 Å². The number of carbonyl (C=O) groups is 1.